The number of hydrogen-bond donors (Lipinski definition) is 1. The van der Waals surface area contributed by atoms with Crippen LogP contribution >= 0.6 is 0 Å². The van der Waals surface area contributed by atoms with Crippen molar-refractivity contribution in [2.24, 2.45) is 0 Å². The van der Waals surface area contributed by atoms with Crippen LogP contribution in [0.4, 0.5) is 0 Å². The Morgan fingerprint density at radius 2 is 2.00 bits per heavy atom. The standard InChI is InChI=1S/C9H14N2O3/c1-9(12,8(13-2)14-3)7-6-10-4-5-11-7/h4-6,8,12H,1-3H3. The summed E-state index contributed by atoms with van der Waals surface area (Å²) in [6, 6.07) is 0. The molecule has 5 nitrogen and oxygen atoms in total. The first-order valence-electron chi connectivity index (χ1n) is 4.17. The summed E-state index contributed by atoms with van der Waals surface area (Å²) in [6.07, 6.45) is 3.75. The molecule has 0 aromatic carbocycles. The minimum Gasteiger partial charge on any atom is -0.378 e. The van der Waals surface area contributed by atoms with E-state index < -0.39 is 11.9 Å². The molecule has 1 aromatic rings. The average molecular weight is 198 g/mol. The first-order valence-corrected chi connectivity index (χ1v) is 4.17. The van der Waals surface area contributed by atoms with E-state index in [2.05, 4.69) is 9.97 Å². The quantitative estimate of drug-likeness (QED) is 0.705. The molecule has 0 radical (unpaired) electrons. The van der Waals surface area contributed by atoms with Gasteiger partial charge in [0.05, 0.1) is 11.9 Å². The van der Waals surface area contributed by atoms with Crippen molar-refractivity contribution in [1.82, 2.24) is 9.97 Å². The van der Waals surface area contributed by atoms with Gasteiger partial charge in [0, 0.05) is 26.6 Å². The molecule has 0 aliphatic carbocycles. The van der Waals surface area contributed by atoms with E-state index in [-0.39, 0.29) is 0 Å². The number of methoxy groups -OCH3 is 2. The second kappa shape index (κ2) is 4.45. The van der Waals surface area contributed by atoms with Crippen LogP contribution in [0, 0.1) is 0 Å². The van der Waals surface area contributed by atoms with Crippen LogP contribution in [0.1, 0.15) is 12.6 Å². The fourth-order valence-corrected chi connectivity index (χ4v) is 1.24. The molecule has 0 spiro atoms. The van der Waals surface area contributed by atoms with Crippen molar-refractivity contribution in [1.29, 1.82) is 0 Å². The summed E-state index contributed by atoms with van der Waals surface area (Å²) in [5.74, 6) is 0. The van der Waals surface area contributed by atoms with Crippen molar-refractivity contribution in [2.75, 3.05) is 14.2 Å². The second-order valence-electron chi connectivity index (χ2n) is 3.04. The third-order valence-electron chi connectivity index (χ3n) is 1.97. The lowest BCUT2D eigenvalue weighted by Crippen LogP contribution is -2.40. The maximum Gasteiger partial charge on any atom is 0.191 e. The zero-order valence-corrected chi connectivity index (χ0v) is 8.47. The number of nitrogens with zero attached hydrogens (tertiary/aromatic N) is 2. The summed E-state index contributed by atoms with van der Waals surface area (Å²) in [5.41, 5.74) is -0.897. The summed E-state index contributed by atoms with van der Waals surface area (Å²) >= 11 is 0. The highest BCUT2D eigenvalue weighted by atomic mass is 16.7. The normalized spacial score (nSPS) is 15.5. The van der Waals surface area contributed by atoms with E-state index in [1.165, 1.54) is 32.8 Å². The molecule has 1 atom stereocenters. The minimum atomic E-state index is -1.31. The van der Waals surface area contributed by atoms with Crippen LogP contribution in [0.15, 0.2) is 18.6 Å². The zero-order valence-electron chi connectivity index (χ0n) is 8.47. The lowest BCUT2D eigenvalue weighted by molar-refractivity contribution is -0.214. The molecule has 0 bridgehead atoms. The Hall–Kier alpha value is -1.04. The Bertz CT molecular complexity index is 273. The molecule has 0 aliphatic rings. The van der Waals surface area contributed by atoms with E-state index in [9.17, 15) is 5.11 Å². The highest BCUT2D eigenvalue weighted by Gasteiger charge is 2.35. The molecule has 1 unspecified atom stereocenters. The van der Waals surface area contributed by atoms with E-state index in [0.717, 1.165) is 0 Å². The number of aliphatic hydroxyl groups is 1. The van der Waals surface area contributed by atoms with Crippen LogP contribution in [0.3, 0.4) is 0 Å². The van der Waals surface area contributed by atoms with Crippen LogP contribution in [0.2, 0.25) is 0 Å². The van der Waals surface area contributed by atoms with Gasteiger partial charge in [0.25, 0.3) is 0 Å². The molecular formula is C9H14N2O3. The maximum atomic E-state index is 10.1. The van der Waals surface area contributed by atoms with Crippen molar-refractivity contribution >= 4 is 0 Å². The molecule has 0 saturated carbocycles. The van der Waals surface area contributed by atoms with Crippen LogP contribution in [-0.4, -0.2) is 35.6 Å². The average Bonchev–Trinajstić information content (AvgIpc) is 2.20. The van der Waals surface area contributed by atoms with Crippen LogP contribution in [-0.2, 0) is 15.1 Å². The molecule has 0 fully saturated rings. The molecule has 1 heterocycles. The number of ether oxygens (including phenoxy) is 2. The number of rotatable bonds is 4. The van der Waals surface area contributed by atoms with Gasteiger partial charge in [-0.2, -0.15) is 0 Å². The third-order valence-corrected chi connectivity index (χ3v) is 1.97. The van der Waals surface area contributed by atoms with Crippen molar-refractivity contribution in [2.45, 2.75) is 18.8 Å². The fourth-order valence-electron chi connectivity index (χ4n) is 1.24. The van der Waals surface area contributed by atoms with Gasteiger partial charge in [-0.1, -0.05) is 0 Å². The van der Waals surface area contributed by atoms with Gasteiger partial charge in [-0.15, -0.1) is 0 Å². The third kappa shape index (κ3) is 2.06. The van der Waals surface area contributed by atoms with Gasteiger partial charge in [-0.25, -0.2) is 0 Å². The van der Waals surface area contributed by atoms with Gasteiger partial charge < -0.3 is 14.6 Å². The Kier molecular flexibility index (Phi) is 3.51. The van der Waals surface area contributed by atoms with Gasteiger partial charge in [-0.3, -0.25) is 9.97 Å². The van der Waals surface area contributed by atoms with E-state index >= 15 is 0 Å². The molecule has 78 valence electrons. The van der Waals surface area contributed by atoms with Crippen molar-refractivity contribution in [3.8, 4) is 0 Å². The topological polar surface area (TPSA) is 64.5 Å². The van der Waals surface area contributed by atoms with Crippen LogP contribution < -0.4 is 0 Å². The summed E-state index contributed by atoms with van der Waals surface area (Å²) in [5, 5.41) is 10.1. The van der Waals surface area contributed by atoms with E-state index in [0.29, 0.717) is 5.69 Å². The van der Waals surface area contributed by atoms with Crippen LogP contribution in [0.25, 0.3) is 0 Å². The second-order valence-corrected chi connectivity index (χ2v) is 3.04. The lowest BCUT2D eigenvalue weighted by atomic mass is 10.0. The smallest absolute Gasteiger partial charge is 0.191 e. The monoisotopic (exact) mass is 198 g/mol. The summed E-state index contributed by atoms with van der Waals surface area (Å²) in [6.45, 7) is 1.56. The molecule has 1 N–H and O–H groups in total. The van der Waals surface area contributed by atoms with Gasteiger partial charge >= 0.3 is 0 Å². The molecule has 1 aromatic heterocycles. The first kappa shape index (κ1) is 11.0. The first-order chi connectivity index (χ1) is 6.62. The number of hydrogen-bond acceptors (Lipinski definition) is 5. The molecule has 14 heavy (non-hydrogen) atoms. The van der Waals surface area contributed by atoms with E-state index in [4.69, 9.17) is 9.47 Å². The SMILES string of the molecule is COC(OC)C(C)(O)c1cnccn1. The fraction of sp³-hybridized carbons (Fsp3) is 0.556. The molecule has 5 heteroatoms. The van der Waals surface area contributed by atoms with Gasteiger partial charge in [-0.05, 0) is 6.92 Å². The molecule has 0 saturated heterocycles. The summed E-state index contributed by atoms with van der Waals surface area (Å²) in [7, 11) is 2.91. The predicted octanol–water partition coefficient (Wildman–Crippen LogP) is 0.303. The Morgan fingerprint density at radius 3 is 2.43 bits per heavy atom. The lowest BCUT2D eigenvalue weighted by Gasteiger charge is -2.29. The molecule has 1 rings (SSSR count). The van der Waals surface area contributed by atoms with E-state index in [1.54, 1.807) is 6.92 Å². The predicted molar refractivity (Wildman–Crippen MR) is 49.4 cm³/mol. The van der Waals surface area contributed by atoms with E-state index in [1.807, 2.05) is 0 Å². The summed E-state index contributed by atoms with van der Waals surface area (Å²) in [4.78, 5) is 7.86. The Balaban J connectivity index is 2.94. The van der Waals surface area contributed by atoms with Crippen molar-refractivity contribution in [3.05, 3.63) is 24.3 Å². The molecular weight excluding hydrogens is 184 g/mol. The van der Waals surface area contributed by atoms with Gasteiger partial charge in [0.1, 0.15) is 0 Å². The zero-order chi connectivity index (χ0) is 10.6. The minimum absolute atomic E-state index is 0.411. The van der Waals surface area contributed by atoms with Crippen LogP contribution in [0.5, 0.6) is 0 Å². The molecule has 0 aliphatic heterocycles. The Morgan fingerprint density at radius 1 is 1.36 bits per heavy atom. The van der Waals surface area contributed by atoms with Gasteiger partial charge in [0.2, 0.25) is 0 Å². The highest BCUT2D eigenvalue weighted by Crippen LogP contribution is 2.24. The summed E-state index contributed by atoms with van der Waals surface area (Å²) < 4.78 is 9.96. The van der Waals surface area contributed by atoms with Crippen molar-refractivity contribution in [3.63, 3.8) is 0 Å². The maximum absolute atomic E-state index is 10.1. The van der Waals surface area contributed by atoms with Gasteiger partial charge in [0.15, 0.2) is 11.9 Å². The largest absolute Gasteiger partial charge is 0.378 e. The Labute approximate surface area is 82.7 Å². The highest BCUT2D eigenvalue weighted by molar-refractivity contribution is 5.07. The number of aromatic nitrogens is 2. The van der Waals surface area contributed by atoms with Crippen molar-refractivity contribution < 1.29 is 14.6 Å². The molecule has 0 amide bonds.